The van der Waals surface area contributed by atoms with Crippen molar-refractivity contribution in [2.45, 2.75) is 12.2 Å². The van der Waals surface area contributed by atoms with Gasteiger partial charge in [0.25, 0.3) is 0 Å². The molecule has 0 amide bonds. The van der Waals surface area contributed by atoms with E-state index in [2.05, 4.69) is 0 Å². The second kappa shape index (κ2) is 4.48. The van der Waals surface area contributed by atoms with Crippen molar-refractivity contribution >= 4 is 23.0 Å². The van der Waals surface area contributed by atoms with Gasteiger partial charge in [-0.1, -0.05) is 17.7 Å². The molecule has 2 unspecified atom stereocenters. The van der Waals surface area contributed by atoms with Gasteiger partial charge < -0.3 is 15.1 Å². The molecule has 1 aromatic carbocycles. The van der Waals surface area contributed by atoms with E-state index >= 15 is 0 Å². The number of aliphatic hydroxyl groups is 2. The Morgan fingerprint density at radius 2 is 1.94 bits per heavy atom. The Bertz CT molecular complexity index is 444. The molecule has 2 atom stereocenters. The minimum atomic E-state index is -0.895. The summed E-state index contributed by atoms with van der Waals surface area (Å²) in [7, 11) is 0. The van der Waals surface area contributed by atoms with Crippen LogP contribution in [0.4, 0.5) is 11.4 Å². The van der Waals surface area contributed by atoms with E-state index < -0.39 is 17.1 Å². The van der Waals surface area contributed by atoms with Gasteiger partial charge in [0.2, 0.25) is 0 Å². The minimum absolute atomic E-state index is 0.0448. The van der Waals surface area contributed by atoms with Crippen LogP contribution in [0.1, 0.15) is 0 Å². The van der Waals surface area contributed by atoms with Crippen LogP contribution in [0.25, 0.3) is 0 Å². The summed E-state index contributed by atoms with van der Waals surface area (Å²) in [5.41, 5.74) is 0.119. The molecule has 0 spiro atoms. The van der Waals surface area contributed by atoms with Crippen LogP contribution in [0.3, 0.4) is 0 Å². The maximum absolute atomic E-state index is 10.9. The zero-order valence-corrected chi connectivity index (χ0v) is 9.54. The lowest BCUT2D eigenvalue weighted by atomic mass is 10.2. The Morgan fingerprint density at radius 3 is 2.47 bits per heavy atom. The summed E-state index contributed by atoms with van der Waals surface area (Å²) in [6.07, 6.45) is -1.79. The van der Waals surface area contributed by atoms with Crippen molar-refractivity contribution in [2.24, 2.45) is 0 Å². The summed E-state index contributed by atoms with van der Waals surface area (Å²) in [6, 6.07) is 4.59. The summed E-state index contributed by atoms with van der Waals surface area (Å²) in [5, 5.41) is 29.8. The summed E-state index contributed by atoms with van der Waals surface area (Å²) in [6.45, 7) is 0.310. The highest BCUT2D eigenvalue weighted by Gasteiger charge is 2.33. The van der Waals surface area contributed by atoms with Gasteiger partial charge in [-0.05, 0) is 12.1 Å². The average molecular weight is 259 g/mol. The Labute approximate surface area is 102 Å². The van der Waals surface area contributed by atoms with Crippen LogP contribution in [0.15, 0.2) is 18.2 Å². The number of nitro groups is 1. The Morgan fingerprint density at radius 1 is 1.35 bits per heavy atom. The first-order chi connectivity index (χ1) is 8.00. The Hall–Kier alpha value is -1.37. The smallest absolute Gasteiger partial charge is 0.310 e. The lowest BCUT2D eigenvalue weighted by Crippen LogP contribution is -2.22. The van der Waals surface area contributed by atoms with E-state index in [0.29, 0.717) is 5.69 Å². The number of hydrogen-bond acceptors (Lipinski definition) is 5. The van der Waals surface area contributed by atoms with Crippen molar-refractivity contribution in [1.82, 2.24) is 0 Å². The van der Waals surface area contributed by atoms with Gasteiger partial charge in [0.05, 0.1) is 17.1 Å². The number of anilines is 1. The van der Waals surface area contributed by atoms with E-state index in [1.165, 1.54) is 6.07 Å². The van der Waals surface area contributed by atoms with Crippen LogP contribution >= 0.6 is 11.6 Å². The zero-order chi connectivity index (χ0) is 12.6. The van der Waals surface area contributed by atoms with Gasteiger partial charge in [-0.25, -0.2) is 0 Å². The fourth-order valence-corrected chi connectivity index (χ4v) is 2.14. The van der Waals surface area contributed by atoms with Crippen molar-refractivity contribution < 1.29 is 15.1 Å². The molecule has 1 aliphatic rings. The third-order valence-corrected chi connectivity index (χ3v) is 3.05. The molecule has 7 heteroatoms. The number of benzene rings is 1. The van der Waals surface area contributed by atoms with Gasteiger partial charge in [0.1, 0.15) is 10.7 Å². The predicted molar refractivity (Wildman–Crippen MR) is 62.3 cm³/mol. The molecule has 1 heterocycles. The van der Waals surface area contributed by atoms with E-state index in [0.717, 1.165) is 0 Å². The van der Waals surface area contributed by atoms with E-state index in [4.69, 9.17) is 11.6 Å². The van der Waals surface area contributed by atoms with E-state index in [1.807, 2.05) is 0 Å². The second-order valence-electron chi connectivity index (χ2n) is 3.90. The van der Waals surface area contributed by atoms with E-state index in [1.54, 1.807) is 17.0 Å². The zero-order valence-electron chi connectivity index (χ0n) is 8.78. The van der Waals surface area contributed by atoms with Crippen molar-refractivity contribution in [2.75, 3.05) is 18.0 Å². The van der Waals surface area contributed by atoms with Crippen molar-refractivity contribution in [3.05, 3.63) is 33.3 Å². The maximum Gasteiger partial charge on any atom is 0.310 e. The highest BCUT2D eigenvalue weighted by Crippen LogP contribution is 2.36. The molecule has 1 fully saturated rings. The minimum Gasteiger partial charge on any atom is -0.389 e. The lowest BCUT2D eigenvalue weighted by Gasteiger charge is -2.17. The highest BCUT2D eigenvalue weighted by atomic mass is 35.5. The van der Waals surface area contributed by atoms with Gasteiger partial charge in [-0.3, -0.25) is 10.1 Å². The number of β-amino-alcohol motifs (C(OH)–C–C–N with tert-alkyl or cyclic N) is 2. The number of nitro benzene ring substituents is 1. The number of para-hydroxylation sites is 1. The summed E-state index contributed by atoms with van der Waals surface area (Å²) in [4.78, 5) is 11.9. The monoisotopic (exact) mass is 258 g/mol. The highest BCUT2D eigenvalue weighted by molar-refractivity contribution is 6.33. The summed E-state index contributed by atoms with van der Waals surface area (Å²) < 4.78 is 0. The van der Waals surface area contributed by atoms with Crippen LogP contribution in [0, 0.1) is 10.1 Å². The van der Waals surface area contributed by atoms with Gasteiger partial charge in [-0.2, -0.15) is 0 Å². The topological polar surface area (TPSA) is 86.8 Å². The number of nitrogens with zero attached hydrogens (tertiary/aromatic N) is 2. The molecule has 2 N–H and O–H groups in total. The largest absolute Gasteiger partial charge is 0.389 e. The van der Waals surface area contributed by atoms with Crippen LogP contribution < -0.4 is 4.90 Å². The van der Waals surface area contributed by atoms with Crippen LogP contribution in [0.5, 0.6) is 0 Å². The van der Waals surface area contributed by atoms with Crippen LogP contribution in [-0.2, 0) is 0 Å². The van der Waals surface area contributed by atoms with Crippen LogP contribution in [-0.4, -0.2) is 40.4 Å². The van der Waals surface area contributed by atoms with Gasteiger partial charge in [0, 0.05) is 13.1 Å². The van der Waals surface area contributed by atoms with E-state index in [9.17, 15) is 20.3 Å². The number of rotatable bonds is 2. The molecular weight excluding hydrogens is 248 g/mol. The molecule has 0 aromatic heterocycles. The average Bonchev–Trinajstić information content (AvgIpc) is 2.58. The van der Waals surface area contributed by atoms with Crippen molar-refractivity contribution in [1.29, 1.82) is 0 Å². The molecule has 17 heavy (non-hydrogen) atoms. The third-order valence-electron chi connectivity index (χ3n) is 2.75. The normalized spacial score (nSPS) is 24.1. The molecule has 0 aliphatic carbocycles. The fraction of sp³-hybridized carbons (Fsp3) is 0.400. The van der Waals surface area contributed by atoms with Crippen molar-refractivity contribution in [3.8, 4) is 0 Å². The molecule has 0 bridgehead atoms. The predicted octanol–water partition coefficient (Wildman–Crippen LogP) is 0.790. The van der Waals surface area contributed by atoms with Gasteiger partial charge in [0.15, 0.2) is 0 Å². The first kappa shape index (κ1) is 12.1. The molecule has 1 aliphatic heterocycles. The lowest BCUT2D eigenvalue weighted by molar-refractivity contribution is -0.384. The molecule has 0 saturated carbocycles. The fourth-order valence-electron chi connectivity index (χ4n) is 1.91. The number of aliphatic hydroxyl groups excluding tert-OH is 2. The SMILES string of the molecule is O=[N+]([O-])c1c(Cl)cccc1N1CC(O)C(O)C1. The van der Waals surface area contributed by atoms with Crippen molar-refractivity contribution in [3.63, 3.8) is 0 Å². The standard InChI is InChI=1S/C10H11ClN2O4/c11-6-2-1-3-7(10(6)13(16)17)12-4-8(14)9(15)5-12/h1-3,8-9,14-15H,4-5H2. The number of hydrogen-bond donors (Lipinski definition) is 2. The molecule has 1 aromatic rings. The molecular formula is C10H11ClN2O4. The molecule has 6 nitrogen and oxygen atoms in total. The molecule has 2 rings (SSSR count). The summed E-state index contributed by atoms with van der Waals surface area (Å²) >= 11 is 5.78. The summed E-state index contributed by atoms with van der Waals surface area (Å²) in [5.74, 6) is 0. The van der Waals surface area contributed by atoms with E-state index in [-0.39, 0.29) is 23.8 Å². The Balaban J connectivity index is 2.39. The molecule has 92 valence electrons. The van der Waals surface area contributed by atoms with Gasteiger partial charge in [-0.15, -0.1) is 0 Å². The first-order valence-electron chi connectivity index (χ1n) is 5.04. The van der Waals surface area contributed by atoms with Gasteiger partial charge >= 0.3 is 5.69 Å². The van der Waals surface area contributed by atoms with Crippen LogP contribution in [0.2, 0.25) is 5.02 Å². The second-order valence-corrected chi connectivity index (χ2v) is 4.31. The Kier molecular flexibility index (Phi) is 3.19. The molecule has 1 saturated heterocycles. The quantitative estimate of drug-likeness (QED) is 0.605. The number of halogens is 1. The molecule has 0 radical (unpaired) electrons. The first-order valence-corrected chi connectivity index (χ1v) is 5.42. The third kappa shape index (κ3) is 2.19. The maximum atomic E-state index is 10.9.